The zero-order valence-corrected chi connectivity index (χ0v) is 10.7. The van der Waals surface area contributed by atoms with Crippen LogP contribution >= 0.6 is 12.2 Å². The third-order valence-electron chi connectivity index (χ3n) is 2.03. The van der Waals surface area contributed by atoms with E-state index in [4.69, 9.17) is 28.4 Å². The Morgan fingerprint density at radius 2 is 2.06 bits per heavy atom. The third kappa shape index (κ3) is 7.64. The number of primary amides is 1. The summed E-state index contributed by atoms with van der Waals surface area (Å²) in [6.07, 6.45) is 1.46. The van der Waals surface area contributed by atoms with Crippen molar-refractivity contribution in [2.45, 2.75) is 19.8 Å². The number of amides is 2. The van der Waals surface area contributed by atoms with Gasteiger partial charge < -0.3 is 21.5 Å². The molecule has 6 nitrogen and oxygen atoms in total. The molecule has 0 heterocycles. The second-order valence-electron chi connectivity index (χ2n) is 3.55. The van der Waals surface area contributed by atoms with Gasteiger partial charge in [0.05, 0.1) is 17.5 Å². The van der Waals surface area contributed by atoms with E-state index in [1.54, 1.807) is 0 Å². The summed E-state index contributed by atoms with van der Waals surface area (Å²) < 4.78 is 4.89. The molecule has 0 bridgehead atoms. The van der Waals surface area contributed by atoms with E-state index in [2.05, 4.69) is 5.32 Å². The van der Waals surface area contributed by atoms with Crippen LogP contribution in [0.3, 0.4) is 0 Å². The number of carbonyl (C=O) groups excluding carboxylic acids is 2. The Morgan fingerprint density at radius 1 is 1.41 bits per heavy atom. The smallest absolute Gasteiger partial charge is 0.243 e. The lowest BCUT2D eigenvalue weighted by Crippen LogP contribution is -2.39. The predicted molar refractivity (Wildman–Crippen MR) is 68.2 cm³/mol. The highest BCUT2D eigenvalue weighted by atomic mass is 32.1. The van der Waals surface area contributed by atoms with Crippen molar-refractivity contribution in [3.8, 4) is 0 Å². The van der Waals surface area contributed by atoms with E-state index in [1.807, 2.05) is 6.92 Å². The van der Waals surface area contributed by atoms with Gasteiger partial charge in [0.1, 0.15) is 6.61 Å². The lowest BCUT2D eigenvalue weighted by Gasteiger charge is -2.14. The summed E-state index contributed by atoms with van der Waals surface area (Å²) in [5, 5.41) is 2.64. The average Bonchev–Trinajstić information content (AvgIpc) is 2.24. The molecule has 0 fully saturated rings. The first kappa shape index (κ1) is 15.8. The maximum atomic E-state index is 11.6. The molecule has 0 spiro atoms. The van der Waals surface area contributed by atoms with E-state index in [0.29, 0.717) is 13.0 Å². The first-order chi connectivity index (χ1) is 7.99. The van der Waals surface area contributed by atoms with Gasteiger partial charge in [0.25, 0.3) is 0 Å². The van der Waals surface area contributed by atoms with Crippen molar-refractivity contribution in [2.75, 3.05) is 19.8 Å². The molecular formula is C10H19N3O3S. The summed E-state index contributed by atoms with van der Waals surface area (Å²) in [6, 6.07) is 0. The van der Waals surface area contributed by atoms with Crippen LogP contribution in [0, 0.1) is 5.92 Å². The molecule has 2 amide bonds. The van der Waals surface area contributed by atoms with Crippen molar-refractivity contribution in [3.05, 3.63) is 0 Å². The summed E-state index contributed by atoms with van der Waals surface area (Å²) >= 11 is 4.82. The Morgan fingerprint density at radius 3 is 2.53 bits per heavy atom. The van der Waals surface area contributed by atoms with Crippen LogP contribution in [-0.4, -0.2) is 36.6 Å². The Hall–Kier alpha value is -1.21. The van der Waals surface area contributed by atoms with Gasteiger partial charge in [0.2, 0.25) is 11.8 Å². The fourth-order valence-corrected chi connectivity index (χ4v) is 1.46. The lowest BCUT2D eigenvalue weighted by molar-refractivity contribution is -0.123. The first-order valence-electron chi connectivity index (χ1n) is 5.42. The average molecular weight is 261 g/mol. The van der Waals surface area contributed by atoms with E-state index in [1.165, 1.54) is 0 Å². The standard InChI is InChI=1S/C10H19N3O3S/c1-2-3-7(9(12)17)10(15)13-4-5-16-6-8(11)14/h7H,2-6H2,1H3,(H2,11,14)(H2,12,17)(H,13,15). The fourth-order valence-electron chi connectivity index (χ4n) is 1.23. The summed E-state index contributed by atoms with van der Waals surface area (Å²) in [5.74, 6) is -1.18. The van der Waals surface area contributed by atoms with Crippen molar-refractivity contribution < 1.29 is 14.3 Å². The summed E-state index contributed by atoms with van der Waals surface area (Å²) in [7, 11) is 0. The molecule has 0 aliphatic carbocycles. The van der Waals surface area contributed by atoms with E-state index < -0.39 is 11.8 Å². The lowest BCUT2D eigenvalue weighted by atomic mass is 10.0. The summed E-state index contributed by atoms with van der Waals surface area (Å²) in [5.41, 5.74) is 10.3. The minimum atomic E-state index is -0.539. The van der Waals surface area contributed by atoms with Crippen molar-refractivity contribution in [1.82, 2.24) is 5.32 Å². The van der Waals surface area contributed by atoms with Crippen LogP contribution in [0.4, 0.5) is 0 Å². The molecule has 7 heteroatoms. The molecule has 1 atom stereocenters. The van der Waals surface area contributed by atoms with Gasteiger partial charge in [-0.1, -0.05) is 25.6 Å². The molecule has 0 aliphatic heterocycles. The Kier molecular flexibility index (Phi) is 8.25. The highest BCUT2D eigenvalue weighted by Crippen LogP contribution is 2.06. The van der Waals surface area contributed by atoms with Gasteiger partial charge in [0.15, 0.2) is 0 Å². The van der Waals surface area contributed by atoms with Crippen LogP contribution in [0.15, 0.2) is 0 Å². The molecule has 0 rings (SSSR count). The van der Waals surface area contributed by atoms with Gasteiger partial charge >= 0.3 is 0 Å². The normalized spacial score (nSPS) is 11.8. The molecule has 5 N–H and O–H groups in total. The van der Waals surface area contributed by atoms with Crippen molar-refractivity contribution in [2.24, 2.45) is 17.4 Å². The zero-order valence-electron chi connectivity index (χ0n) is 9.90. The van der Waals surface area contributed by atoms with E-state index in [-0.39, 0.29) is 24.1 Å². The molecule has 0 aromatic carbocycles. The zero-order chi connectivity index (χ0) is 13.3. The van der Waals surface area contributed by atoms with Crippen LogP contribution in [0.25, 0.3) is 0 Å². The number of hydrogen-bond acceptors (Lipinski definition) is 4. The van der Waals surface area contributed by atoms with E-state index >= 15 is 0 Å². The number of carbonyl (C=O) groups is 2. The molecule has 98 valence electrons. The van der Waals surface area contributed by atoms with Crippen LogP contribution in [0.2, 0.25) is 0 Å². The van der Waals surface area contributed by atoms with Crippen LogP contribution < -0.4 is 16.8 Å². The maximum absolute atomic E-state index is 11.6. The van der Waals surface area contributed by atoms with Crippen molar-refractivity contribution >= 4 is 29.0 Å². The Labute approximate surface area is 106 Å². The number of nitrogens with two attached hydrogens (primary N) is 2. The SMILES string of the molecule is CCCC(C(=O)NCCOCC(N)=O)C(N)=S. The molecule has 0 radical (unpaired) electrons. The highest BCUT2D eigenvalue weighted by Gasteiger charge is 2.19. The minimum absolute atomic E-state index is 0.149. The van der Waals surface area contributed by atoms with Crippen LogP contribution in [0.5, 0.6) is 0 Å². The van der Waals surface area contributed by atoms with Crippen LogP contribution in [0.1, 0.15) is 19.8 Å². The van der Waals surface area contributed by atoms with E-state index in [9.17, 15) is 9.59 Å². The molecule has 0 saturated carbocycles. The van der Waals surface area contributed by atoms with Gasteiger partial charge in [-0.2, -0.15) is 0 Å². The molecule has 0 aromatic rings. The summed E-state index contributed by atoms with van der Waals surface area (Å²) in [6.45, 7) is 2.33. The Bertz CT molecular complexity index is 284. The molecule has 0 aromatic heterocycles. The van der Waals surface area contributed by atoms with Crippen molar-refractivity contribution in [1.29, 1.82) is 0 Å². The molecule has 0 saturated heterocycles. The van der Waals surface area contributed by atoms with E-state index in [0.717, 1.165) is 6.42 Å². The quantitative estimate of drug-likeness (QED) is 0.376. The fraction of sp³-hybridized carbons (Fsp3) is 0.700. The number of thiocarbonyl (C=S) groups is 1. The minimum Gasteiger partial charge on any atom is -0.393 e. The number of rotatable bonds is 9. The number of hydrogen-bond donors (Lipinski definition) is 3. The maximum Gasteiger partial charge on any atom is 0.243 e. The Balaban J connectivity index is 3.82. The molecule has 1 unspecified atom stereocenters. The molecule has 0 aliphatic rings. The van der Waals surface area contributed by atoms with Crippen LogP contribution in [-0.2, 0) is 14.3 Å². The predicted octanol–water partition coefficient (Wildman–Crippen LogP) is -0.693. The largest absolute Gasteiger partial charge is 0.393 e. The monoisotopic (exact) mass is 261 g/mol. The van der Waals surface area contributed by atoms with Gasteiger partial charge in [-0.05, 0) is 6.42 Å². The van der Waals surface area contributed by atoms with Gasteiger partial charge in [0, 0.05) is 6.54 Å². The second-order valence-corrected chi connectivity index (χ2v) is 4.02. The van der Waals surface area contributed by atoms with Gasteiger partial charge in [-0.3, -0.25) is 9.59 Å². The summed E-state index contributed by atoms with van der Waals surface area (Å²) in [4.78, 5) is 22.2. The number of nitrogens with one attached hydrogen (secondary N) is 1. The van der Waals surface area contributed by atoms with Crippen molar-refractivity contribution in [3.63, 3.8) is 0 Å². The third-order valence-corrected chi connectivity index (χ3v) is 2.31. The second kappa shape index (κ2) is 8.89. The molecule has 17 heavy (non-hydrogen) atoms. The van der Waals surface area contributed by atoms with Gasteiger partial charge in [-0.25, -0.2) is 0 Å². The van der Waals surface area contributed by atoms with Gasteiger partial charge in [-0.15, -0.1) is 0 Å². The first-order valence-corrected chi connectivity index (χ1v) is 5.83. The highest BCUT2D eigenvalue weighted by molar-refractivity contribution is 7.80. The topological polar surface area (TPSA) is 107 Å². The molecular weight excluding hydrogens is 242 g/mol. The number of ether oxygens (including phenoxy) is 1.